The van der Waals surface area contributed by atoms with Crippen LogP contribution in [0.2, 0.25) is 0 Å². The zero-order valence-corrected chi connectivity index (χ0v) is 8.86. The summed E-state index contributed by atoms with van der Waals surface area (Å²) in [5.41, 5.74) is 6.36. The van der Waals surface area contributed by atoms with Gasteiger partial charge in [0.1, 0.15) is 10.6 Å². The van der Waals surface area contributed by atoms with Gasteiger partial charge < -0.3 is 16.2 Å². The maximum atomic E-state index is 11.6. The second kappa shape index (κ2) is 4.15. The van der Waals surface area contributed by atoms with Crippen molar-refractivity contribution in [1.29, 1.82) is 0 Å². The maximum Gasteiger partial charge on any atom is 0.269 e. The summed E-state index contributed by atoms with van der Waals surface area (Å²) in [5, 5.41) is 15.3. The van der Waals surface area contributed by atoms with Gasteiger partial charge in [-0.05, 0) is 23.7 Å². The van der Waals surface area contributed by atoms with E-state index in [1.165, 1.54) is 24.4 Å². The van der Waals surface area contributed by atoms with Crippen LogP contribution in [0.15, 0.2) is 24.4 Å². The number of amides is 1. The van der Waals surface area contributed by atoms with Crippen molar-refractivity contribution in [2.45, 2.75) is 0 Å². The molecule has 0 aliphatic carbocycles. The molecule has 2 rings (SSSR count). The highest BCUT2D eigenvalue weighted by atomic mass is 32.1. The Bertz CT molecular complexity index is 512. The summed E-state index contributed by atoms with van der Waals surface area (Å²) < 4.78 is 3.58. The first-order chi connectivity index (χ1) is 7.66. The highest BCUT2D eigenvalue weighted by molar-refractivity contribution is 7.07. The zero-order valence-electron chi connectivity index (χ0n) is 8.04. The predicted molar refractivity (Wildman–Crippen MR) is 60.4 cm³/mol. The topological polar surface area (TPSA) is 101 Å². The number of carbonyl (C=O) groups excluding carboxylic acids is 1. The predicted octanol–water partition coefficient (Wildman–Crippen LogP) is 1.08. The molecule has 1 heterocycles. The third-order valence-corrected chi connectivity index (χ3v) is 2.53. The molecule has 0 bridgehead atoms. The number of aromatic nitrogens is 2. The molecule has 82 valence electrons. The molecule has 0 aliphatic rings. The lowest BCUT2D eigenvalue weighted by atomic mass is 10.2. The SMILES string of the molecule is Nc1cc(O)ccc1NC(=O)c1cnns1. The molecule has 0 unspecified atom stereocenters. The number of nitrogens with zero attached hydrogens (tertiary/aromatic N) is 2. The van der Waals surface area contributed by atoms with Gasteiger partial charge in [-0.3, -0.25) is 4.79 Å². The number of nitrogens with one attached hydrogen (secondary N) is 1. The molecule has 6 nitrogen and oxygen atoms in total. The van der Waals surface area contributed by atoms with Crippen LogP contribution in [0.3, 0.4) is 0 Å². The van der Waals surface area contributed by atoms with Gasteiger partial charge in [-0.1, -0.05) is 4.49 Å². The van der Waals surface area contributed by atoms with E-state index in [4.69, 9.17) is 10.8 Å². The van der Waals surface area contributed by atoms with Gasteiger partial charge in [0.15, 0.2) is 0 Å². The third-order valence-electron chi connectivity index (χ3n) is 1.87. The monoisotopic (exact) mass is 236 g/mol. The van der Waals surface area contributed by atoms with Crippen molar-refractivity contribution in [1.82, 2.24) is 9.59 Å². The minimum absolute atomic E-state index is 0.0509. The van der Waals surface area contributed by atoms with Crippen molar-refractivity contribution in [2.24, 2.45) is 0 Å². The summed E-state index contributed by atoms with van der Waals surface area (Å²) >= 11 is 0.996. The van der Waals surface area contributed by atoms with Crippen molar-refractivity contribution in [3.8, 4) is 5.75 Å². The fourth-order valence-corrected chi connectivity index (χ4v) is 1.53. The van der Waals surface area contributed by atoms with E-state index < -0.39 is 0 Å². The average Bonchev–Trinajstić information content (AvgIpc) is 2.75. The smallest absolute Gasteiger partial charge is 0.269 e. The number of aromatic hydroxyl groups is 1. The summed E-state index contributed by atoms with van der Waals surface area (Å²) in [6.45, 7) is 0. The number of benzene rings is 1. The van der Waals surface area contributed by atoms with Crippen LogP contribution in [0.1, 0.15) is 9.67 Å². The van der Waals surface area contributed by atoms with Crippen molar-refractivity contribution >= 4 is 28.8 Å². The molecule has 1 amide bonds. The number of carbonyl (C=O) groups is 1. The Kier molecular flexibility index (Phi) is 2.69. The van der Waals surface area contributed by atoms with Crippen molar-refractivity contribution in [3.05, 3.63) is 29.3 Å². The van der Waals surface area contributed by atoms with Gasteiger partial charge in [0.25, 0.3) is 5.91 Å². The number of rotatable bonds is 2. The first kappa shape index (κ1) is 10.4. The molecule has 0 atom stereocenters. The Labute approximate surface area is 94.9 Å². The lowest BCUT2D eigenvalue weighted by molar-refractivity contribution is 0.103. The quantitative estimate of drug-likeness (QED) is 0.535. The van der Waals surface area contributed by atoms with E-state index in [0.29, 0.717) is 16.3 Å². The molecule has 0 aliphatic heterocycles. The summed E-state index contributed by atoms with van der Waals surface area (Å²) in [6, 6.07) is 4.33. The van der Waals surface area contributed by atoms with Gasteiger partial charge in [0.05, 0.1) is 17.6 Å². The third kappa shape index (κ3) is 2.09. The molecule has 0 radical (unpaired) electrons. The standard InChI is InChI=1S/C9H8N4O2S/c10-6-3-5(14)1-2-7(6)12-9(15)8-4-11-13-16-8/h1-4,14H,10H2,(H,12,15). The largest absolute Gasteiger partial charge is 0.508 e. The van der Waals surface area contributed by atoms with Gasteiger partial charge >= 0.3 is 0 Å². The van der Waals surface area contributed by atoms with Gasteiger partial charge in [-0.25, -0.2) is 0 Å². The summed E-state index contributed by atoms with van der Waals surface area (Å²) in [7, 11) is 0. The first-order valence-electron chi connectivity index (χ1n) is 4.34. The highest BCUT2D eigenvalue weighted by Crippen LogP contribution is 2.23. The normalized spacial score (nSPS) is 10.0. The molecule has 4 N–H and O–H groups in total. The van der Waals surface area contributed by atoms with Crippen LogP contribution in [0, 0.1) is 0 Å². The molecule has 16 heavy (non-hydrogen) atoms. The van der Waals surface area contributed by atoms with E-state index in [-0.39, 0.29) is 11.7 Å². The molecule has 2 aromatic rings. The molecule has 7 heteroatoms. The van der Waals surface area contributed by atoms with Crippen LogP contribution in [0.25, 0.3) is 0 Å². The number of nitrogens with two attached hydrogens (primary N) is 1. The number of phenols is 1. The zero-order chi connectivity index (χ0) is 11.5. The number of anilines is 2. The maximum absolute atomic E-state index is 11.6. The molecule has 0 spiro atoms. The Morgan fingerprint density at radius 1 is 1.50 bits per heavy atom. The van der Waals surface area contributed by atoms with E-state index >= 15 is 0 Å². The lowest BCUT2D eigenvalue weighted by Gasteiger charge is -2.06. The number of hydrogen-bond donors (Lipinski definition) is 3. The summed E-state index contributed by atoms with van der Waals surface area (Å²) in [6.07, 6.45) is 1.37. The summed E-state index contributed by atoms with van der Waals surface area (Å²) in [5.74, 6) is -0.276. The van der Waals surface area contributed by atoms with E-state index in [2.05, 4.69) is 14.9 Å². The van der Waals surface area contributed by atoms with Crippen LogP contribution in [0.4, 0.5) is 11.4 Å². The summed E-state index contributed by atoms with van der Waals surface area (Å²) in [4.78, 5) is 12.0. The fourth-order valence-electron chi connectivity index (χ4n) is 1.12. The molecule has 0 saturated heterocycles. The number of nitrogen functional groups attached to an aromatic ring is 1. The second-order valence-electron chi connectivity index (χ2n) is 3.01. The molecule has 0 saturated carbocycles. The van der Waals surface area contributed by atoms with E-state index in [1.54, 1.807) is 0 Å². The lowest BCUT2D eigenvalue weighted by Crippen LogP contribution is -2.11. The Morgan fingerprint density at radius 3 is 2.94 bits per heavy atom. The van der Waals surface area contributed by atoms with E-state index in [1.807, 2.05) is 0 Å². The highest BCUT2D eigenvalue weighted by Gasteiger charge is 2.10. The number of hydrogen-bond acceptors (Lipinski definition) is 6. The van der Waals surface area contributed by atoms with Gasteiger partial charge in [0.2, 0.25) is 0 Å². The van der Waals surface area contributed by atoms with Crippen LogP contribution in [-0.4, -0.2) is 20.6 Å². The van der Waals surface area contributed by atoms with Gasteiger partial charge in [-0.2, -0.15) is 0 Å². The van der Waals surface area contributed by atoms with E-state index in [9.17, 15) is 4.79 Å². The van der Waals surface area contributed by atoms with Gasteiger partial charge in [0, 0.05) is 6.07 Å². The minimum Gasteiger partial charge on any atom is -0.508 e. The second-order valence-corrected chi connectivity index (χ2v) is 3.79. The first-order valence-corrected chi connectivity index (χ1v) is 5.11. The molecule has 1 aromatic heterocycles. The molecular weight excluding hydrogens is 228 g/mol. The van der Waals surface area contributed by atoms with Crippen LogP contribution in [-0.2, 0) is 0 Å². The molecular formula is C9H8N4O2S. The Hall–Kier alpha value is -2.15. The van der Waals surface area contributed by atoms with Crippen LogP contribution in [0.5, 0.6) is 5.75 Å². The average molecular weight is 236 g/mol. The Balaban J connectivity index is 2.18. The van der Waals surface area contributed by atoms with Crippen molar-refractivity contribution in [3.63, 3.8) is 0 Å². The minimum atomic E-state index is -0.326. The fraction of sp³-hybridized carbons (Fsp3) is 0. The van der Waals surface area contributed by atoms with Crippen LogP contribution < -0.4 is 11.1 Å². The number of phenolic OH excluding ortho intramolecular Hbond substituents is 1. The van der Waals surface area contributed by atoms with Gasteiger partial charge in [-0.15, -0.1) is 5.10 Å². The molecule has 0 fully saturated rings. The Morgan fingerprint density at radius 2 is 2.31 bits per heavy atom. The van der Waals surface area contributed by atoms with Crippen molar-refractivity contribution < 1.29 is 9.90 Å². The van der Waals surface area contributed by atoms with Crippen molar-refractivity contribution in [2.75, 3.05) is 11.1 Å². The van der Waals surface area contributed by atoms with Crippen LogP contribution >= 0.6 is 11.5 Å². The van der Waals surface area contributed by atoms with E-state index in [0.717, 1.165) is 11.5 Å². The molecule has 1 aromatic carbocycles.